The first-order chi connectivity index (χ1) is 10.5. The lowest BCUT2D eigenvalue weighted by atomic mass is 10.3. The molecule has 0 unspecified atom stereocenters. The summed E-state index contributed by atoms with van der Waals surface area (Å²) in [6.45, 7) is 8.00. The van der Waals surface area contributed by atoms with Crippen molar-refractivity contribution in [2.24, 2.45) is 0 Å². The van der Waals surface area contributed by atoms with E-state index < -0.39 is 0 Å². The van der Waals surface area contributed by atoms with Crippen LogP contribution in [0.4, 0.5) is 5.82 Å². The molecule has 0 bridgehead atoms. The van der Waals surface area contributed by atoms with Gasteiger partial charge in [-0.15, -0.1) is 0 Å². The van der Waals surface area contributed by atoms with Crippen LogP contribution in [0.2, 0.25) is 0 Å². The molecule has 2 aromatic heterocycles. The molecule has 0 spiro atoms. The van der Waals surface area contributed by atoms with E-state index in [1.54, 1.807) is 0 Å². The van der Waals surface area contributed by atoms with E-state index in [0.717, 1.165) is 43.4 Å². The molecule has 118 valence electrons. The van der Waals surface area contributed by atoms with Gasteiger partial charge in [0.15, 0.2) is 5.82 Å². The zero-order valence-electron chi connectivity index (χ0n) is 13.2. The summed E-state index contributed by atoms with van der Waals surface area (Å²) in [7, 11) is 0. The zero-order valence-corrected chi connectivity index (χ0v) is 13.2. The lowest BCUT2D eigenvalue weighted by molar-refractivity contribution is -0.114. The predicted molar refractivity (Wildman–Crippen MR) is 81.4 cm³/mol. The van der Waals surface area contributed by atoms with Crippen molar-refractivity contribution < 1.29 is 9.21 Å². The summed E-state index contributed by atoms with van der Waals surface area (Å²) >= 11 is 0. The Morgan fingerprint density at radius 1 is 1.50 bits per heavy atom. The SMILES string of the molecule is CC(=O)Nc1ccn([C@H]2CCN(Cc3nc(C)c(C)o3)C2)n1. The number of amides is 1. The first-order valence-electron chi connectivity index (χ1n) is 7.49. The molecule has 7 nitrogen and oxygen atoms in total. The molecule has 1 aliphatic heterocycles. The van der Waals surface area contributed by atoms with E-state index >= 15 is 0 Å². The highest BCUT2D eigenvalue weighted by atomic mass is 16.4. The Bertz CT molecular complexity index is 656. The number of likely N-dealkylation sites (tertiary alicyclic amines) is 1. The quantitative estimate of drug-likeness (QED) is 0.933. The Hall–Kier alpha value is -2.15. The van der Waals surface area contributed by atoms with Crippen molar-refractivity contribution in [2.45, 2.75) is 39.8 Å². The first kappa shape index (κ1) is 14.8. The standard InChI is InChI=1S/C15H21N5O2/c1-10-11(2)22-15(16-10)9-19-6-4-13(8-19)20-7-5-14(18-20)17-12(3)21/h5,7,13H,4,6,8-9H2,1-3H3,(H,17,18,21)/t13-/m0/s1. The molecular weight excluding hydrogens is 282 g/mol. The summed E-state index contributed by atoms with van der Waals surface area (Å²) < 4.78 is 7.57. The number of carbonyl (C=O) groups excluding carboxylic acids is 1. The highest BCUT2D eigenvalue weighted by Crippen LogP contribution is 2.23. The second-order valence-electron chi connectivity index (χ2n) is 5.79. The van der Waals surface area contributed by atoms with Gasteiger partial charge in [-0.1, -0.05) is 0 Å². The van der Waals surface area contributed by atoms with Crippen LogP contribution in [0.5, 0.6) is 0 Å². The highest BCUT2D eigenvalue weighted by molar-refractivity contribution is 5.87. The minimum atomic E-state index is -0.104. The number of carbonyl (C=O) groups is 1. The lowest BCUT2D eigenvalue weighted by Crippen LogP contribution is -2.21. The van der Waals surface area contributed by atoms with Gasteiger partial charge in [-0.05, 0) is 20.3 Å². The van der Waals surface area contributed by atoms with E-state index in [9.17, 15) is 4.79 Å². The van der Waals surface area contributed by atoms with E-state index in [2.05, 4.69) is 20.3 Å². The van der Waals surface area contributed by atoms with Crippen LogP contribution in [0, 0.1) is 13.8 Å². The average molecular weight is 303 g/mol. The van der Waals surface area contributed by atoms with Crippen LogP contribution in [0.3, 0.4) is 0 Å². The van der Waals surface area contributed by atoms with E-state index in [-0.39, 0.29) is 5.91 Å². The summed E-state index contributed by atoms with van der Waals surface area (Å²) in [6, 6.07) is 2.14. The van der Waals surface area contributed by atoms with Gasteiger partial charge in [0.1, 0.15) is 5.76 Å². The molecule has 2 aromatic rings. The third kappa shape index (κ3) is 3.19. The Morgan fingerprint density at radius 2 is 2.32 bits per heavy atom. The molecule has 1 amide bonds. The Morgan fingerprint density at radius 3 is 3.00 bits per heavy atom. The van der Waals surface area contributed by atoms with Crippen LogP contribution in [-0.4, -0.2) is 38.7 Å². The third-order valence-corrected chi connectivity index (χ3v) is 3.97. The lowest BCUT2D eigenvalue weighted by Gasteiger charge is -2.14. The van der Waals surface area contributed by atoms with Gasteiger partial charge >= 0.3 is 0 Å². The number of nitrogens with zero attached hydrogens (tertiary/aromatic N) is 4. The van der Waals surface area contributed by atoms with E-state index in [1.165, 1.54) is 6.92 Å². The number of hydrogen-bond acceptors (Lipinski definition) is 5. The summed E-state index contributed by atoms with van der Waals surface area (Å²) in [5.74, 6) is 2.16. The van der Waals surface area contributed by atoms with E-state index in [1.807, 2.05) is 30.8 Å². The van der Waals surface area contributed by atoms with Gasteiger partial charge in [0, 0.05) is 32.3 Å². The fourth-order valence-electron chi connectivity index (χ4n) is 2.76. The van der Waals surface area contributed by atoms with Gasteiger partial charge in [0.05, 0.1) is 18.3 Å². The third-order valence-electron chi connectivity index (χ3n) is 3.97. The molecule has 1 saturated heterocycles. The Balaban J connectivity index is 1.59. The average Bonchev–Trinajstić information content (AvgIpc) is 3.12. The summed E-state index contributed by atoms with van der Waals surface area (Å²) in [6.07, 6.45) is 2.94. The second kappa shape index (κ2) is 5.92. The van der Waals surface area contributed by atoms with Crippen molar-refractivity contribution in [3.05, 3.63) is 29.6 Å². The van der Waals surface area contributed by atoms with E-state index in [4.69, 9.17) is 4.42 Å². The maximum Gasteiger partial charge on any atom is 0.222 e. The number of oxazole rings is 1. The van der Waals surface area contributed by atoms with Gasteiger partial charge in [-0.3, -0.25) is 14.4 Å². The number of nitrogens with one attached hydrogen (secondary N) is 1. The van der Waals surface area contributed by atoms with E-state index in [0.29, 0.717) is 11.9 Å². The minimum Gasteiger partial charge on any atom is -0.444 e. The molecule has 0 radical (unpaired) electrons. The van der Waals surface area contributed by atoms with Crippen molar-refractivity contribution in [1.29, 1.82) is 0 Å². The van der Waals surface area contributed by atoms with Crippen LogP contribution >= 0.6 is 0 Å². The van der Waals surface area contributed by atoms with Crippen LogP contribution in [0.1, 0.15) is 36.7 Å². The number of aryl methyl sites for hydroxylation is 2. The van der Waals surface area contributed by atoms with Gasteiger partial charge in [-0.25, -0.2) is 4.98 Å². The number of hydrogen-bond donors (Lipinski definition) is 1. The van der Waals surface area contributed by atoms with Gasteiger partial charge in [0.25, 0.3) is 0 Å². The molecule has 0 aliphatic carbocycles. The maximum atomic E-state index is 11.0. The Kier molecular flexibility index (Phi) is 3.98. The molecule has 0 saturated carbocycles. The largest absolute Gasteiger partial charge is 0.444 e. The monoisotopic (exact) mass is 303 g/mol. The fourth-order valence-corrected chi connectivity index (χ4v) is 2.76. The molecule has 1 N–H and O–H groups in total. The first-order valence-corrected chi connectivity index (χ1v) is 7.49. The van der Waals surface area contributed by atoms with Crippen molar-refractivity contribution in [1.82, 2.24) is 19.7 Å². The summed E-state index contributed by atoms with van der Waals surface area (Å²) in [5.41, 5.74) is 0.956. The van der Waals surface area contributed by atoms with Crippen LogP contribution in [-0.2, 0) is 11.3 Å². The number of aromatic nitrogens is 3. The minimum absolute atomic E-state index is 0.104. The molecule has 22 heavy (non-hydrogen) atoms. The second-order valence-corrected chi connectivity index (χ2v) is 5.79. The Labute approximate surface area is 129 Å². The molecule has 7 heteroatoms. The van der Waals surface area contributed by atoms with Crippen LogP contribution in [0.25, 0.3) is 0 Å². The fraction of sp³-hybridized carbons (Fsp3) is 0.533. The summed E-state index contributed by atoms with van der Waals surface area (Å²) in [5, 5.41) is 7.11. The van der Waals surface area contributed by atoms with Gasteiger partial charge in [0.2, 0.25) is 11.8 Å². The molecule has 3 heterocycles. The number of anilines is 1. The van der Waals surface area contributed by atoms with Crippen molar-refractivity contribution in [3.63, 3.8) is 0 Å². The van der Waals surface area contributed by atoms with Crippen molar-refractivity contribution >= 4 is 11.7 Å². The zero-order chi connectivity index (χ0) is 15.7. The van der Waals surface area contributed by atoms with Crippen LogP contribution in [0.15, 0.2) is 16.7 Å². The highest BCUT2D eigenvalue weighted by Gasteiger charge is 2.25. The number of rotatable bonds is 4. The topological polar surface area (TPSA) is 76.2 Å². The van der Waals surface area contributed by atoms with Crippen molar-refractivity contribution in [3.8, 4) is 0 Å². The smallest absolute Gasteiger partial charge is 0.222 e. The normalized spacial score (nSPS) is 18.8. The molecule has 3 rings (SSSR count). The van der Waals surface area contributed by atoms with Gasteiger partial charge < -0.3 is 9.73 Å². The molecule has 1 atom stereocenters. The molecule has 0 aromatic carbocycles. The van der Waals surface area contributed by atoms with Gasteiger partial charge in [-0.2, -0.15) is 5.10 Å². The molecule has 1 aliphatic rings. The molecule has 1 fully saturated rings. The van der Waals surface area contributed by atoms with Crippen LogP contribution < -0.4 is 5.32 Å². The van der Waals surface area contributed by atoms with Crippen molar-refractivity contribution in [2.75, 3.05) is 18.4 Å². The molecular formula is C15H21N5O2. The summed E-state index contributed by atoms with van der Waals surface area (Å²) in [4.78, 5) is 17.8. The predicted octanol–water partition coefficient (Wildman–Crippen LogP) is 1.89. The maximum absolute atomic E-state index is 11.0.